The number of halogens is 3. The van der Waals surface area contributed by atoms with Crippen molar-refractivity contribution in [3.05, 3.63) is 71.6 Å². The van der Waals surface area contributed by atoms with Crippen molar-refractivity contribution in [3.8, 4) is 11.4 Å². The van der Waals surface area contributed by atoms with Gasteiger partial charge in [0.1, 0.15) is 6.04 Å². The number of amides is 1. The molecule has 0 bridgehead atoms. The highest BCUT2D eigenvalue weighted by atomic mass is 19.4. The Kier molecular flexibility index (Phi) is 5.22. The molecule has 0 aliphatic heterocycles. The van der Waals surface area contributed by atoms with Gasteiger partial charge in [-0.15, -0.1) is 0 Å². The smallest absolute Gasteiger partial charge is 0.394 e. The summed E-state index contributed by atoms with van der Waals surface area (Å²) in [5.41, 5.74) is -0.0965. The number of aromatic nitrogens is 2. The van der Waals surface area contributed by atoms with Crippen LogP contribution in [-0.2, 0) is 6.18 Å². The zero-order chi connectivity index (χ0) is 19.4. The number of carbonyl (C=O) groups excluding carboxylic acids is 1. The van der Waals surface area contributed by atoms with Crippen LogP contribution in [0, 0.1) is 0 Å². The summed E-state index contributed by atoms with van der Waals surface area (Å²) in [6.07, 6.45) is -4.44. The fourth-order valence-electron chi connectivity index (χ4n) is 2.32. The molecular weight excluding hydrogens is 363 g/mol. The lowest BCUT2D eigenvalue weighted by Crippen LogP contribution is -2.31. The van der Waals surface area contributed by atoms with Gasteiger partial charge in [-0.1, -0.05) is 35.5 Å². The van der Waals surface area contributed by atoms with Gasteiger partial charge in [-0.25, -0.2) is 0 Å². The number of nitrogens with zero attached hydrogens (tertiary/aromatic N) is 2. The first-order valence-corrected chi connectivity index (χ1v) is 7.86. The lowest BCUT2D eigenvalue weighted by Gasteiger charge is -2.11. The number of alkyl halides is 3. The summed E-state index contributed by atoms with van der Waals surface area (Å²) >= 11 is 0. The average molecular weight is 377 g/mol. The van der Waals surface area contributed by atoms with Crippen molar-refractivity contribution in [2.24, 2.45) is 0 Å². The molecule has 3 rings (SSSR count). The number of aliphatic hydroxyl groups excluding tert-OH is 1. The van der Waals surface area contributed by atoms with Crippen LogP contribution >= 0.6 is 0 Å². The van der Waals surface area contributed by atoms with E-state index in [0.29, 0.717) is 11.1 Å². The van der Waals surface area contributed by atoms with E-state index >= 15 is 0 Å². The maximum atomic E-state index is 12.6. The van der Waals surface area contributed by atoms with E-state index in [1.807, 2.05) is 0 Å². The maximum absolute atomic E-state index is 12.6. The molecule has 6 nitrogen and oxygen atoms in total. The Balaban J connectivity index is 1.76. The quantitative estimate of drug-likeness (QED) is 0.713. The monoisotopic (exact) mass is 377 g/mol. The summed E-state index contributed by atoms with van der Waals surface area (Å²) in [6, 6.07) is 11.6. The normalized spacial score (nSPS) is 12.6. The number of aliphatic hydroxyl groups is 1. The first kappa shape index (κ1) is 18.6. The lowest BCUT2D eigenvalue weighted by molar-refractivity contribution is -0.137. The molecule has 0 saturated carbocycles. The molecule has 1 amide bonds. The van der Waals surface area contributed by atoms with Gasteiger partial charge in [0.15, 0.2) is 0 Å². The van der Waals surface area contributed by atoms with Crippen molar-refractivity contribution in [1.82, 2.24) is 15.5 Å². The maximum Gasteiger partial charge on any atom is 0.416 e. The molecule has 27 heavy (non-hydrogen) atoms. The zero-order valence-corrected chi connectivity index (χ0v) is 13.8. The molecule has 1 atom stereocenters. The number of rotatable bonds is 5. The number of nitrogens with one attached hydrogen (secondary N) is 1. The van der Waals surface area contributed by atoms with E-state index in [0.717, 1.165) is 12.1 Å². The topological polar surface area (TPSA) is 88.2 Å². The first-order valence-electron chi connectivity index (χ1n) is 7.86. The minimum atomic E-state index is -4.44. The summed E-state index contributed by atoms with van der Waals surface area (Å²) in [6.45, 7) is -0.493. The van der Waals surface area contributed by atoms with E-state index < -0.39 is 30.3 Å². The Bertz CT molecular complexity index is 909. The Morgan fingerprint density at radius 3 is 2.37 bits per heavy atom. The largest absolute Gasteiger partial charge is 0.416 e. The standard InChI is InChI=1S/C18H14F3N3O3/c19-18(20,21)13-8-6-11(7-9-13)15-23-17(27-24-15)14(10-25)22-16(26)12-4-2-1-3-5-12/h1-9,14,25H,10H2,(H,22,26)/t14-/m1/s1. The number of hydrogen-bond donors (Lipinski definition) is 2. The number of benzene rings is 2. The molecular formula is C18H14F3N3O3. The van der Waals surface area contributed by atoms with Crippen molar-refractivity contribution in [3.63, 3.8) is 0 Å². The minimum Gasteiger partial charge on any atom is -0.394 e. The van der Waals surface area contributed by atoms with Crippen molar-refractivity contribution >= 4 is 5.91 Å². The van der Waals surface area contributed by atoms with Crippen LogP contribution in [0.25, 0.3) is 11.4 Å². The summed E-state index contributed by atoms with van der Waals surface area (Å²) < 4.78 is 42.9. The summed E-state index contributed by atoms with van der Waals surface area (Å²) in [7, 11) is 0. The third-order valence-electron chi connectivity index (χ3n) is 3.73. The molecule has 0 spiro atoms. The third-order valence-corrected chi connectivity index (χ3v) is 3.73. The highest BCUT2D eigenvalue weighted by molar-refractivity contribution is 5.94. The van der Waals surface area contributed by atoms with Crippen LogP contribution in [0.15, 0.2) is 59.1 Å². The van der Waals surface area contributed by atoms with E-state index in [2.05, 4.69) is 15.5 Å². The van der Waals surface area contributed by atoms with Gasteiger partial charge >= 0.3 is 6.18 Å². The van der Waals surface area contributed by atoms with E-state index in [9.17, 15) is 23.1 Å². The molecule has 0 fully saturated rings. The lowest BCUT2D eigenvalue weighted by atomic mass is 10.1. The Morgan fingerprint density at radius 2 is 1.78 bits per heavy atom. The Hall–Kier alpha value is -3.20. The van der Waals surface area contributed by atoms with Gasteiger partial charge < -0.3 is 14.9 Å². The predicted molar refractivity (Wildman–Crippen MR) is 88.5 cm³/mol. The molecule has 0 unspecified atom stereocenters. The van der Waals surface area contributed by atoms with Crippen LogP contribution in [0.4, 0.5) is 13.2 Å². The van der Waals surface area contributed by atoms with Gasteiger partial charge in [-0.2, -0.15) is 18.2 Å². The minimum absolute atomic E-state index is 0.0473. The molecule has 2 N–H and O–H groups in total. The number of carbonyl (C=O) groups is 1. The summed E-state index contributed by atoms with van der Waals surface area (Å²) in [5, 5.41) is 15.8. The van der Waals surface area contributed by atoms with Crippen LogP contribution in [0.2, 0.25) is 0 Å². The number of hydrogen-bond acceptors (Lipinski definition) is 5. The SMILES string of the molecule is O=C(N[C@H](CO)c1nc(-c2ccc(C(F)(F)F)cc2)no1)c1ccccc1. The molecule has 0 aliphatic carbocycles. The molecule has 0 radical (unpaired) electrons. The van der Waals surface area contributed by atoms with Gasteiger partial charge in [0.05, 0.1) is 12.2 Å². The van der Waals surface area contributed by atoms with Gasteiger partial charge in [0.2, 0.25) is 5.82 Å². The summed E-state index contributed by atoms with van der Waals surface area (Å²) in [4.78, 5) is 16.2. The predicted octanol–water partition coefficient (Wildman–Crippen LogP) is 3.22. The van der Waals surface area contributed by atoms with Crippen LogP contribution in [-0.4, -0.2) is 27.8 Å². The molecule has 0 aliphatic rings. The Morgan fingerprint density at radius 1 is 1.11 bits per heavy atom. The highest BCUT2D eigenvalue weighted by Gasteiger charge is 2.30. The van der Waals surface area contributed by atoms with E-state index in [1.54, 1.807) is 30.3 Å². The van der Waals surface area contributed by atoms with Gasteiger partial charge in [-0.05, 0) is 24.3 Å². The first-order chi connectivity index (χ1) is 12.9. The van der Waals surface area contributed by atoms with Crippen LogP contribution in [0.1, 0.15) is 27.9 Å². The average Bonchev–Trinajstić information content (AvgIpc) is 3.16. The van der Waals surface area contributed by atoms with Crippen molar-refractivity contribution < 1.29 is 27.6 Å². The summed E-state index contributed by atoms with van der Waals surface area (Å²) in [5.74, 6) is -0.452. The van der Waals surface area contributed by atoms with E-state index in [1.165, 1.54) is 12.1 Å². The van der Waals surface area contributed by atoms with Crippen molar-refractivity contribution in [2.75, 3.05) is 6.61 Å². The van der Waals surface area contributed by atoms with Gasteiger partial charge in [-0.3, -0.25) is 4.79 Å². The highest BCUT2D eigenvalue weighted by Crippen LogP contribution is 2.30. The van der Waals surface area contributed by atoms with Crippen molar-refractivity contribution in [1.29, 1.82) is 0 Å². The molecule has 2 aromatic carbocycles. The Labute approximate surface area is 151 Å². The van der Waals surface area contributed by atoms with E-state index in [-0.39, 0.29) is 11.7 Å². The molecule has 9 heteroatoms. The van der Waals surface area contributed by atoms with Crippen LogP contribution < -0.4 is 5.32 Å². The zero-order valence-electron chi connectivity index (χ0n) is 13.8. The second-order valence-corrected chi connectivity index (χ2v) is 5.61. The van der Waals surface area contributed by atoms with E-state index in [4.69, 9.17) is 4.52 Å². The molecule has 3 aromatic rings. The molecule has 1 heterocycles. The fourth-order valence-corrected chi connectivity index (χ4v) is 2.32. The van der Waals surface area contributed by atoms with Gasteiger partial charge in [0.25, 0.3) is 11.8 Å². The fraction of sp³-hybridized carbons (Fsp3) is 0.167. The molecule has 0 saturated heterocycles. The van der Waals surface area contributed by atoms with Gasteiger partial charge in [0, 0.05) is 11.1 Å². The second-order valence-electron chi connectivity index (χ2n) is 5.61. The second kappa shape index (κ2) is 7.58. The van der Waals surface area contributed by atoms with Crippen LogP contribution in [0.3, 0.4) is 0 Å². The molecule has 140 valence electrons. The third kappa shape index (κ3) is 4.32. The molecule has 1 aromatic heterocycles. The van der Waals surface area contributed by atoms with Crippen molar-refractivity contribution in [2.45, 2.75) is 12.2 Å². The van der Waals surface area contributed by atoms with Crippen LogP contribution in [0.5, 0.6) is 0 Å².